The number of unbranched alkanes of at least 4 members (excludes halogenated alkanes) is 1. The van der Waals surface area contributed by atoms with Gasteiger partial charge in [-0.3, -0.25) is 0 Å². The molecule has 0 radical (unpaired) electrons. The number of quaternary nitrogens is 1. The SMILES string of the molecule is C#CC(I)[N+](C)(C)CCCC. The number of nitrogens with zero attached hydrogens (tertiary/aromatic N) is 1. The molecule has 0 fully saturated rings. The van der Waals surface area contributed by atoms with Crippen molar-refractivity contribution in [3.05, 3.63) is 0 Å². The van der Waals surface area contributed by atoms with E-state index >= 15 is 0 Å². The van der Waals surface area contributed by atoms with Crippen molar-refractivity contribution in [3.63, 3.8) is 0 Å². The van der Waals surface area contributed by atoms with E-state index in [-0.39, 0.29) is 0 Å². The monoisotopic (exact) mass is 266 g/mol. The molecule has 0 aromatic rings. The van der Waals surface area contributed by atoms with Crippen LogP contribution in [-0.2, 0) is 0 Å². The molecule has 1 nitrogen and oxygen atoms in total. The molecule has 1 atom stereocenters. The largest absolute Gasteiger partial charge is 0.308 e. The minimum Gasteiger partial charge on any atom is -0.308 e. The Balaban J connectivity index is 3.90. The maximum Gasteiger partial charge on any atom is 0.200 e. The molecule has 0 aliphatic heterocycles. The summed E-state index contributed by atoms with van der Waals surface area (Å²) in [5.41, 5.74) is 0. The Labute approximate surface area is 83.9 Å². The summed E-state index contributed by atoms with van der Waals surface area (Å²) in [4.78, 5) is 0. The van der Waals surface area contributed by atoms with Crippen LogP contribution in [0.25, 0.3) is 0 Å². The molecule has 0 rings (SSSR count). The molecule has 11 heavy (non-hydrogen) atoms. The van der Waals surface area contributed by atoms with E-state index in [4.69, 9.17) is 6.42 Å². The zero-order chi connectivity index (χ0) is 8.91. The number of rotatable bonds is 4. The molecule has 0 saturated carbocycles. The average molecular weight is 266 g/mol. The van der Waals surface area contributed by atoms with Gasteiger partial charge in [-0.15, -0.1) is 6.42 Å². The van der Waals surface area contributed by atoms with Gasteiger partial charge in [-0.05, 0) is 12.3 Å². The van der Waals surface area contributed by atoms with Gasteiger partial charge in [0.1, 0.15) is 0 Å². The van der Waals surface area contributed by atoms with Crippen molar-refractivity contribution < 1.29 is 4.48 Å². The molecule has 0 aliphatic carbocycles. The number of hydrogen-bond acceptors (Lipinski definition) is 0. The predicted octanol–water partition coefficient (Wildman–Crippen LogP) is 2.26. The summed E-state index contributed by atoms with van der Waals surface area (Å²) in [5, 5.41) is 0. The summed E-state index contributed by atoms with van der Waals surface area (Å²) in [6.07, 6.45) is 7.86. The predicted molar refractivity (Wildman–Crippen MR) is 58.5 cm³/mol. The van der Waals surface area contributed by atoms with Crippen LogP contribution in [0.1, 0.15) is 19.8 Å². The molecule has 0 aliphatic rings. The topological polar surface area (TPSA) is 0 Å². The zero-order valence-electron chi connectivity index (χ0n) is 7.60. The molecule has 0 aromatic heterocycles. The molecule has 0 bridgehead atoms. The molecule has 64 valence electrons. The van der Waals surface area contributed by atoms with Crippen LogP contribution in [-0.4, -0.2) is 29.2 Å². The van der Waals surface area contributed by atoms with Gasteiger partial charge in [-0.25, -0.2) is 0 Å². The third kappa shape index (κ3) is 3.97. The first-order valence-corrected chi connectivity index (χ1v) is 5.22. The molecule has 2 heteroatoms. The van der Waals surface area contributed by atoms with Crippen molar-refractivity contribution in [3.8, 4) is 12.3 Å². The third-order valence-corrected chi connectivity index (χ3v) is 3.71. The van der Waals surface area contributed by atoms with Crippen molar-refractivity contribution in [2.75, 3.05) is 20.6 Å². The highest BCUT2D eigenvalue weighted by atomic mass is 127. The molecular formula is C9H17IN+. The first-order valence-electron chi connectivity index (χ1n) is 3.97. The van der Waals surface area contributed by atoms with Crippen LogP contribution >= 0.6 is 22.6 Å². The minimum atomic E-state index is 0.305. The summed E-state index contributed by atoms with van der Waals surface area (Å²) in [5.74, 6) is 2.77. The van der Waals surface area contributed by atoms with Gasteiger partial charge in [0, 0.05) is 22.6 Å². The summed E-state index contributed by atoms with van der Waals surface area (Å²) in [7, 11) is 4.37. The molecule has 0 saturated heterocycles. The highest BCUT2D eigenvalue weighted by molar-refractivity contribution is 14.1. The zero-order valence-corrected chi connectivity index (χ0v) is 9.76. The van der Waals surface area contributed by atoms with Crippen LogP contribution in [0.15, 0.2) is 0 Å². The second-order valence-corrected chi connectivity index (χ2v) is 4.54. The van der Waals surface area contributed by atoms with Gasteiger partial charge in [-0.2, -0.15) is 0 Å². The fourth-order valence-electron chi connectivity index (χ4n) is 0.881. The van der Waals surface area contributed by atoms with Crippen LogP contribution in [0.5, 0.6) is 0 Å². The van der Waals surface area contributed by atoms with E-state index in [1.165, 1.54) is 19.4 Å². The van der Waals surface area contributed by atoms with E-state index in [9.17, 15) is 0 Å². The van der Waals surface area contributed by atoms with Crippen LogP contribution in [0.3, 0.4) is 0 Å². The number of alkyl halides is 1. The molecule has 0 spiro atoms. The fourth-order valence-corrected chi connectivity index (χ4v) is 1.16. The number of hydrogen-bond donors (Lipinski definition) is 0. The first-order chi connectivity index (χ1) is 5.04. The molecule has 0 amide bonds. The smallest absolute Gasteiger partial charge is 0.200 e. The van der Waals surface area contributed by atoms with Gasteiger partial charge in [-0.1, -0.05) is 13.3 Å². The number of halogens is 1. The van der Waals surface area contributed by atoms with E-state index in [1.54, 1.807) is 0 Å². The molecule has 1 unspecified atom stereocenters. The van der Waals surface area contributed by atoms with Gasteiger partial charge in [0.05, 0.1) is 20.6 Å². The third-order valence-electron chi connectivity index (χ3n) is 1.84. The lowest BCUT2D eigenvalue weighted by atomic mass is 10.3. The Morgan fingerprint density at radius 3 is 2.45 bits per heavy atom. The Hall–Kier alpha value is 0.250. The van der Waals surface area contributed by atoms with E-state index in [0.717, 1.165) is 4.48 Å². The van der Waals surface area contributed by atoms with Gasteiger partial charge in [0.2, 0.25) is 0 Å². The second-order valence-electron chi connectivity index (χ2n) is 3.36. The molecule has 0 heterocycles. The minimum absolute atomic E-state index is 0.305. The Kier molecular flexibility index (Phi) is 5.11. The lowest BCUT2D eigenvalue weighted by Gasteiger charge is -2.31. The highest BCUT2D eigenvalue weighted by Crippen LogP contribution is 2.14. The van der Waals surface area contributed by atoms with Crippen molar-refractivity contribution in [2.45, 2.75) is 23.8 Å². The van der Waals surface area contributed by atoms with E-state index in [1.807, 2.05) is 0 Å². The van der Waals surface area contributed by atoms with Crippen molar-refractivity contribution in [2.24, 2.45) is 0 Å². The molecule has 0 aromatic carbocycles. The highest BCUT2D eigenvalue weighted by Gasteiger charge is 2.21. The fraction of sp³-hybridized carbons (Fsp3) is 0.778. The van der Waals surface area contributed by atoms with Gasteiger partial charge in [0.25, 0.3) is 0 Å². The quantitative estimate of drug-likeness (QED) is 0.241. The van der Waals surface area contributed by atoms with Gasteiger partial charge in [0.15, 0.2) is 4.05 Å². The summed E-state index contributed by atoms with van der Waals surface area (Å²) in [6, 6.07) is 0. The molecular weight excluding hydrogens is 249 g/mol. The Morgan fingerprint density at radius 1 is 1.55 bits per heavy atom. The normalized spacial score (nSPS) is 14.1. The average Bonchev–Trinajstić information content (AvgIpc) is 1.99. The standard InChI is InChI=1S/C9H17IN/c1-5-7-8-11(3,4)9(10)6-2/h2,9H,5,7-8H2,1,3-4H3/q+1. The summed E-state index contributed by atoms with van der Waals surface area (Å²) in [6.45, 7) is 3.38. The number of terminal acetylenes is 1. The van der Waals surface area contributed by atoms with Crippen molar-refractivity contribution in [1.82, 2.24) is 0 Å². The van der Waals surface area contributed by atoms with E-state index in [0.29, 0.717) is 4.05 Å². The van der Waals surface area contributed by atoms with Gasteiger partial charge >= 0.3 is 0 Å². The van der Waals surface area contributed by atoms with Crippen LogP contribution in [0.4, 0.5) is 0 Å². The lowest BCUT2D eigenvalue weighted by Crippen LogP contribution is -2.45. The maximum atomic E-state index is 5.36. The lowest BCUT2D eigenvalue weighted by molar-refractivity contribution is -0.889. The van der Waals surface area contributed by atoms with Crippen molar-refractivity contribution >= 4 is 22.6 Å². The second kappa shape index (κ2) is 5.00. The van der Waals surface area contributed by atoms with Gasteiger partial charge < -0.3 is 4.48 Å². The van der Waals surface area contributed by atoms with Crippen molar-refractivity contribution in [1.29, 1.82) is 0 Å². The Bertz CT molecular complexity index is 146. The van der Waals surface area contributed by atoms with Crippen LogP contribution in [0.2, 0.25) is 0 Å². The van der Waals surface area contributed by atoms with E-state index in [2.05, 4.69) is 49.5 Å². The first kappa shape index (κ1) is 11.2. The van der Waals surface area contributed by atoms with Crippen LogP contribution < -0.4 is 0 Å². The maximum absolute atomic E-state index is 5.36. The summed E-state index contributed by atoms with van der Waals surface area (Å²) >= 11 is 2.32. The summed E-state index contributed by atoms with van der Waals surface area (Å²) < 4.78 is 1.24. The Morgan fingerprint density at radius 2 is 2.09 bits per heavy atom. The molecule has 0 N–H and O–H groups in total. The van der Waals surface area contributed by atoms with Crippen LogP contribution in [0, 0.1) is 12.3 Å². The van der Waals surface area contributed by atoms with E-state index < -0.39 is 0 Å².